The second-order valence-corrected chi connectivity index (χ2v) is 5.61. The Balaban J connectivity index is 1.95. The Kier molecular flexibility index (Phi) is 4.66. The summed E-state index contributed by atoms with van der Waals surface area (Å²) >= 11 is 0. The molecule has 2 aliphatic rings. The van der Waals surface area contributed by atoms with Gasteiger partial charge >= 0.3 is 0 Å². The van der Waals surface area contributed by atoms with E-state index in [1.807, 2.05) is 0 Å². The summed E-state index contributed by atoms with van der Waals surface area (Å²) in [4.78, 5) is 2.83. The summed E-state index contributed by atoms with van der Waals surface area (Å²) in [5.41, 5.74) is 0. The van der Waals surface area contributed by atoms with Crippen LogP contribution in [0.5, 0.6) is 0 Å². The van der Waals surface area contributed by atoms with E-state index in [2.05, 4.69) is 24.2 Å². The van der Waals surface area contributed by atoms with E-state index in [1.165, 1.54) is 58.0 Å². The van der Waals surface area contributed by atoms with Crippen LogP contribution in [0, 0.1) is 5.92 Å². The van der Waals surface area contributed by atoms with E-state index in [9.17, 15) is 0 Å². The van der Waals surface area contributed by atoms with E-state index >= 15 is 0 Å². The van der Waals surface area contributed by atoms with Crippen LogP contribution < -0.4 is 5.32 Å². The molecule has 0 bridgehead atoms. The Morgan fingerprint density at radius 2 is 1.94 bits per heavy atom. The van der Waals surface area contributed by atoms with E-state index in [0.717, 1.165) is 18.0 Å². The standard InChI is InChI=1S/C14H28N2/c1-3-13(11-15-2)16-10-6-9-14(16)12-7-4-5-8-12/h12-15H,3-11H2,1-2H3. The monoisotopic (exact) mass is 224 g/mol. The van der Waals surface area contributed by atoms with E-state index in [1.54, 1.807) is 0 Å². The number of nitrogens with one attached hydrogen (secondary N) is 1. The molecule has 2 rings (SSSR count). The summed E-state index contributed by atoms with van der Waals surface area (Å²) in [7, 11) is 2.09. The first-order chi connectivity index (χ1) is 7.86. The third-order valence-corrected chi connectivity index (χ3v) is 4.67. The highest BCUT2D eigenvalue weighted by molar-refractivity contribution is 4.91. The van der Waals surface area contributed by atoms with Gasteiger partial charge in [0.2, 0.25) is 0 Å². The number of likely N-dealkylation sites (tertiary alicyclic amines) is 1. The summed E-state index contributed by atoms with van der Waals surface area (Å²) in [5, 5.41) is 3.37. The minimum atomic E-state index is 0.776. The summed E-state index contributed by atoms with van der Waals surface area (Å²) in [5.74, 6) is 1.02. The third-order valence-electron chi connectivity index (χ3n) is 4.67. The van der Waals surface area contributed by atoms with Gasteiger partial charge in [0, 0.05) is 18.6 Å². The second-order valence-electron chi connectivity index (χ2n) is 5.61. The molecular weight excluding hydrogens is 196 g/mol. The molecule has 0 aromatic carbocycles. The zero-order valence-corrected chi connectivity index (χ0v) is 11.0. The SMILES string of the molecule is CCC(CNC)N1CCCC1C1CCCC1. The van der Waals surface area contributed by atoms with Crippen LogP contribution in [-0.2, 0) is 0 Å². The van der Waals surface area contributed by atoms with Gasteiger partial charge in [0.25, 0.3) is 0 Å². The molecule has 0 aromatic heterocycles. The Morgan fingerprint density at radius 1 is 1.19 bits per heavy atom. The van der Waals surface area contributed by atoms with E-state index < -0.39 is 0 Å². The van der Waals surface area contributed by atoms with Crippen molar-refractivity contribution >= 4 is 0 Å². The lowest BCUT2D eigenvalue weighted by molar-refractivity contribution is 0.130. The van der Waals surface area contributed by atoms with Gasteiger partial charge in [-0.25, -0.2) is 0 Å². The maximum absolute atomic E-state index is 3.37. The summed E-state index contributed by atoms with van der Waals surface area (Å²) in [6.07, 6.45) is 10.2. The lowest BCUT2D eigenvalue weighted by Crippen LogP contribution is -2.46. The van der Waals surface area contributed by atoms with Crippen molar-refractivity contribution in [3.8, 4) is 0 Å². The molecule has 2 fully saturated rings. The maximum Gasteiger partial charge on any atom is 0.0220 e. The van der Waals surface area contributed by atoms with Crippen molar-refractivity contribution in [2.45, 2.75) is 64.0 Å². The van der Waals surface area contributed by atoms with Gasteiger partial charge in [0.1, 0.15) is 0 Å². The van der Waals surface area contributed by atoms with Crippen LogP contribution >= 0.6 is 0 Å². The zero-order chi connectivity index (χ0) is 11.4. The molecule has 16 heavy (non-hydrogen) atoms. The fourth-order valence-corrected chi connectivity index (χ4v) is 3.85. The van der Waals surface area contributed by atoms with E-state index in [4.69, 9.17) is 0 Å². The molecule has 1 N–H and O–H groups in total. The highest BCUT2D eigenvalue weighted by Crippen LogP contribution is 2.36. The Morgan fingerprint density at radius 3 is 2.56 bits per heavy atom. The first-order valence-corrected chi connectivity index (χ1v) is 7.27. The molecule has 0 aromatic rings. The number of likely N-dealkylation sites (N-methyl/N-ethyl adjacent to an activating group) is 1. The van der Waals surface area contributed by atoms with Crippen LogP contribution in [0.15, 0.2) is 0 Å². The normalized spacial score (nSPS) is 30.0. The van der Waals surface area contributed by atoms with Crippen molar-refractivity contribution in [3.63, 3.8) is 0 Å². The lowest BCUT2D eigenvalue weighted by atomic mass is 9.95. The average Bonchev–Trinajstić information content (AvgIpc) is 2.94. The average molecular weight is 224 g/mol. The Labute approximate surface area is 101 Å². The molecule has 1 aliphatic heterocycles. The zero-order valence-electron chi connectivity index (χ0n) is 11.0. The number of nitrogens with zero attached hydrogens (tertiary/aromatic N) is 1. The van der Waals surface area contributed by atoms with Crippen LogP contribution in [-0.4, -0.2) is 37.1 Å². The molecule has 2 nitrogen and oxygen atoms in total. The Bertz CT molecular complexity index is 199. The minimum absolute atomic E-state index is 0.776. The van der Waals surface area contributed by atoms with Crippen molar-refractivity contribution in [3.05, 3.63) is 0 Å². The molecule has 94 valence electrons. The van der Waals surface area contributed by atoms with E-state index in [0.29, 0.717) is 0 Å². The van der Waals surface area contributed by atoms with Crippen molar-refractivity contribution < 1.29 is 0 Å². The van der Waals surface area contributed by atoms with Crippen molar-refractivity contribution in [2.75, 3.05) is 20.1 Å². The highest BCUT2D eigenvalue weighted by Gasteiger charge is 2.35. The van der Waals surface area contributed by atoms with Crippen molar-refractivity contribution in [2.24, 2.45) is 5.92 Å². The molecule has 1 heterocycles. The predicted molar refractivity (Wildman–Crippen MR) is 69.7 cm³/mol. The predicted octanol–water partition coefficient (Wildman–Crippen LogP) is 2.64. The molecule has 1 aliphatic carbocycles. The molecule has 0 radical (unpaired) electrons. The maximum atomic E-state index is 3.37. The molecule has 1 saturated carbocycles. The van der Waals surface area contributed by atoms with Crippen molar-refractivity contribution in [1.82, 2.24) is 10.2 Å². The lowest BCUT2D eigenvalue weighted by Gasteiger charge is -2.35. The van der Waals surface area contributed by atoms with Gasteiger partial charge in [0.15, 0.2) is 0 Å². The molecular formula is C14H28N2. The summed E-state index contributed by atoms with van der Waals surface area (Å²) in [6.45, 7) is 4.85. The molecule has 2 unspecified atom stereocenters. The second kappa shape index (κ2) is 6.02. The van der Waals surface area contributed by atoms with Crippen LogP contribution in [0.3, 0.4) is 0 Å². The largest absolute Gasteiger partial charge is 0.318 e. The van der Waals surface area contributed by atoms with E-state index in [-0.39, 0.29) is 0 Å². The number of hydrogen-bond donors (Lipinski definition) is 1. The van der Waals surface area contributed by atoms with Gasteiger partial charge in [-0.2, -0.15) is 0 Å². The van der Waals surface area contributed by atoms with Gasteiger partial charge in [-0.15, -0.1) is 0 Å². The fourth-order valence-electron chi connectivity index (χ4n) is 3.85. The third kappa shape index (κ3) is 2.60. The Hall–Kier alpha value is -0.0800. The van der Waals surface area contributed by atoms with Gasteiger partial charge in [-0.05, 0) is 51.6 Å². The molecule has 2 atom stereocenters. The smallest absolute Gasteiger partial charge is 0.0220 e. The van der Waals surface area contributed by atoms with Crippen LogP contribution in [0.1, 0.15) is 51.9 Å². The van der Waals surface area contributed by atoms with Crippen LogP contribution in [0.2, 0.25) is 0 Å². The first-order valence-electron chi connectivity index (χ1n) is 7.27. The topological polar surface area (TPSA) is 15.3 Å². The minimum Gasteiger partial charge on any atom is -0.318 e. The summed E-state index contributed by atoms with van der Waals surface area (Å²) in [6, 6.07) is 1.69. The molecule has 0 spiro atoms. The van der Waals surface area contributed by atoms with Crippen LogP contribution in [0.4, 0.5) is 0 Å². The first kappa shape index (κ1) is 12.4. The van der Waals surface area contributed by atoms with Crippen molar-refractivity contribution in [1.29, 1.82) is 0 Å². The molecule has 2 heteroatoms. The summed E-state index contributed by atoms with van der Waals surface area (Å²) < 4.78 is 0. The number of hydrogen-bond acceptors (Lipinski definition) is 2. The van der Waals surface area contributed by atoms with Gasteiger partial charge < -0.3 is 5.32 Å². The molecule has 0 amide bonds. The quantitative estimate of drug-likeness (QED) is 0.772. The number of rotatable bonds is 5. The van der Waals surface area contributed by atoms with Crippen LogP contribution in [0.25, 0.3) is 0 Å². The van der Waals surface area contributed by atoms with Gasteiger partial charge in [-0.1, -0.05) is 19.8 Å². The fraction of sp³-hybridized carbons (Fsp3) is 1.00. The highest BCUT2D eigenvalue weighted by atomic mass is 15.2. The van der Waals surface area contributed by atoms with Gasteiger partial charge in [0.05, 0.1) is 0 Å². The molecule has 1 saturated heterocycles. The van der Waals surface area contributed by atoms with Gasteiger partial charge in [-0.3, -0.25) is 4.90 Å².